The van der Waals surface area contributed by atoms with E-state index < -0.39 is 0 Å². The van der Waals surface area contributed by atoms with Crippen molar-refractivity contribution in [1.82, 2.24) is 0 Å². The van der Waals surface area contributed by atoms with Gasteiger partial charge >= 0.3 is 0 Å². The summed E-state index contributed by atoms with van der Waals surface area (Å²) >= 11 is 0. The van der Waals surface area contributed by atoms with Crippen molar-refractivity contribution in [1.29, 1.82) is 0 Å². The van der Waals surface area contributed by atoms with Gasteiger partial charge in [0.05, 0.1) is 6.04 Å². The van der Waals surface area contributed by atoms with Crippen molar-refractivity contribution in [2.75, 3.05) is 0 Å². The minimum absolute atomic E-state index is 0.0707. The van der Waals surface area contributed by atoms with Crippen LogP contribution < -0.4 is 5.73 Å². The summed E-state index contributed by atoms with van der Waals surface area (Å²) in [7, 11) is 0. The molecule has 0 aromatic heterocycles. The van der Waals surface area contributed by atoms with Crippen LogP contribution in [0.3, 0.4) is 0 Å². The Morgan fingerprint density at radius 2 is 2.06 bits per heavy atom. The van der Waals surface area contributed by atoms with Crippen molar-refractivity contribution < 1.29 is 9.90 Å². The largest absolute Gasteiger partial charge is 0.511 e. The van der Waals surface area contributed by atoms with Gasteiger partial charge in [-0.15, -0.1) is 0 Å². The third-order valence-electron chi connectivity index (χ3n) is 2.39. The third-order valence-corrected chi connectivity index (χ3v) is 2.39. The summed E-state index contributed by atoms with van der Waals surface area (Å²) in [6, 6.07) is -0.284. The first-order chi connectivity index (χ1) is 7.54. The van der Waals surface area contributed by atoms with Crippen LogP contribution in [0.2, 0.25) is 0 Å². The number of aliphatic hydroxyl groups excluding tert-OH is 1. The number of nitrogens with two attached hydrogens (primary N) is 1. The molecule has 0 spiro atoms. The van der Waals surface area contributed by atoms with Gasteiger partial charge in [-0.05, 0) is 26.2 Å². The SMILES string of the molecule is C=C(O)C(N)CCCCC/C=C/CC(C)=O. The average Bonchev–Trinajstić information content (AvgIpc) is 2.21. The maximum Gasteiger partial charge on any atom is 0.133 e. The molecule has 0 aromatic carbocycles. The highest BCUT2D eigenvalue weighted by Crippen LogP contribution is 2.08. The Bertz CT molecular complexity index is 246. The van der Waals surface area contributed by atoms with E-state index >= 15 is 0 Å². The topological polar surface area (TPSA) is 63.3 Å². The molecule has 0 aliphatic heterocycles. The Kier molecular flexibility index (Phi) is 8.53. The molecule has 0 bridgehead atoms. The van der Waals surface area contributed by atoms with Crippen molar-refractivity contribution in [3.05, 3.63) is 24.5 Å². The molecule has 0 rings (SSSR count). The number of allylic oxidation sites excluding steroid dienone is 2. The molecular weight excluding hydrogens is 202 g/mol. The van der Waals surface area contributed by atoms with Gasteiger partial charge in [0.1, 0.15) is 11.5 Å². The van der Waals surface area contributed by atoms with Crippen molar-refractivity contribution in [3.63, 3.8) is 0 Å². The zero-order valence-corrected chi connectivity index (χ0v) is 10.1. The first-order valence-electron chi connectivity index (χ1n) is 5.81. The number of unbranched alkanes of at least 4 members (excludes halogenated alkanes) is 3. The number of hydrogen-bond acceptors (Lipinski definition) is 3. The number of carbonyl (C=O) groups excluding carboxylic acids is 1. The van der Waals surface area contributed by atoms with Crippen molar-refractivity contribution in [2.24, 2.45) is 5.73 Å². The maximum atomic E-state index is 10.6. The van der Waals surface area contributed by atoms with Gasteiger partial charge in [-0.25, -0.2) is 0 Å². The van der Waals surface area contributed by atoms with E-state index in [1.54, 1.807) is 6.92 Å². The van der Waals surface area contributed by atoms with E-state index in [0.717, 1.165) is 32.1 Å². The number of carbonyl (C=O) groups is 1. The Morgan fingerprint density at radius 1 is 1.38 bits per heavy atom. The van der Waals surface area contributed by atoms with Crippen LogP contribution in [0, 0.1) is 0 Å². The second-order valence-corrected chi connectivity index (χ2v) is 4.11. The van der Waals surface area contributed by atoms with Gasteiger partial charge in [0.25, 0.3) is 0 Å². The van der Waals surface area contributed by atoms with Crippen LogP contribution in [0.1, 0.15) is 45.4 Å². The molecule has 92 valence electrons. The summed E-state index contributed by atoms with van der Waals surface area (Å²) in [6.07, 6.45) is 9.48. The van der Waals surface area contributed by atoms with Gasteiger partial charge in [-0.2, -0.15) is 0 Å². The fourth-order valence-corrected chi connectivity index (χ4v) is 1.34. The molecule has 1 unspecified atom stereocenters. The lowest BCUT2D eigenvalue weighted by molar-refractivity contribution is -0.116. The molecule has 3 heteroatoms. The molecule has 0 aliphatic rings. The summed E-state index contributed by atoms with van der Waals surface area (Å²) in [5.74, 6) is 0.269. The van der Waals surface area contributed by atoms with E-state index in [2.05, 4.69) is 6.58 Å². The lowest BCUT2D eigenvalue weighted by Crippen LogP contribution is -2.21. The number of aliphatic hydroxyl groups is 1. The van der Waals surface area contributed by atoms with Gasteiger partial charge in [-0.3, -0.25) is 4.79 Å². The van der Waals surface area contributed by atoms with Crippen LogP contribution in [0.25, 0.3) is 0 Å². The monoisotopic (exact) mass is 225 g/mol. The lowest BCUT2D eigenvalue weighted by atomic mass is 10.1. The van der Waals surface area contributed by atoms with E-state index in [-0.39, 0.29) is 17.6 Å². The zero-order chi connectivity index (χ0) is 12.4. The smallest absolute Gasteiger partial charge is 0.133 e. The Hall–Kier alpha value is -1.09. The van der Waals surface area contributed by atoms with E-state index in [1.807, 2.05) is 12.2 Å². The molecule has 1 atom stereocenters. The molecule has 16 heavy (non-hydrogen) atoms. The molecule has 0 radical (unpaired) electrons. The Labute approximate surface area is 98.0 Å². The molecule has 0 saturated heterocycles. The van der Waals surface area contributed by atoms with Crippen LogP contribution in [0.15, 0.2) is 24.5 Å². The second-order valence-electron chi connectivity index (χ2n) is 4.11. The number of ketones is 1. The summed E-state index contributed by atoms with van der Waals surface area (Å²) in [5.41, 5.74) is 5.61. The van der Waals surface area contributed by atoms with E-state index in [1.165, 1.54) is 0 Å². The summed E-state index contributed by atoms with van der Waals surface area (Å²) in [5, 5.41) is 8.98. The van der Waals surface area contributed by atoms with Gasteiger partial charge in [0, 0.05) is 6.42 Å². The first-order valence-corrected chi connectivity index (χ1v) is 5.81. The minimum Gasteiger partial charge on any atom is -0.511 e. The van der Waals surface area contributed by atoms with Crippen LogP contribution in [0.4, 0.5) is 0 Å². The summed E-state index contributed by atoms with van der Waals surface area (Å²) in [6.45, 7) is 4.99. The average molecular weight is 225 g/mol. The van der Waals surface area contributed by atoms with Crippen molar-refractivity contribution in [2.45, 2.75) is 51.5 Å². The second kappa shape index (κ2) is 9.16. The molecule has 3 nitrogen and oxygen atoms in total. The quantitative estimate of drug-likeness (QED) is 0.360. The highest BCUT2D eigenvalue weighted by molar-refractivity contribution is 5.76. The highest BCUT2D eigenvalue weighted by atomic mass is 16.3. The van der Waals surface area contributed by atoms with Crippen LogP contribution in [-0.4, -0.2) is 16.9 Å². The minimum atomic E-state index is -0.284. The van der Waals surface area contributed by atoms with Gasteiger partial charge in [0.2, 0.25) is 0 Å². The van der Waals surface area contributed by atoms with Crippen LogP contribution in [-0.2, 0) is 4.79 Å². The first kappa shape index (κ1) is 14.9. The number of rotatable bonds is 9. The molecular formula is C13H23NO2. The standard InChI is InChI=1S/C13H23NO2/c1-11(15)9-7-5-3-4-6-8-10-13(14)12(2)16/h5,7,13,16H,2-4,6,8-10,14H2,1H3/b7-5+. The number of Topliss-reactive ketones (excluding diaryl/α,β-unsaturated/α-hetero) is 1. The third kappa shape index (κ3) is 9.46. The van der Waals surface area contributed by atoms with Crippen molar-refractivity contribution in [3.8, 4) is 0 Å². The number of hydrogen-bond donors (Lipinski definition) is 2. The Morgan fingerprint density at radius 3 is 2.62 bits per heavy atom. The Balaban J connectivity index is 3.31. The van der Waals surface area contributed by atoms with Crippen LogP contribution >= 0.6 is 0 Å². The predicted octanol–water partition coefficient (Wildman–Crippen LogP) is 2.87. The fourth-order valence-electron chi connectivity index (χ4n) is 1.34. The molecule has 0 amide bonds. The van der Waals surface area contributed by atoms with Crippen molar-refractivity contribution >= 4 is 5.78 Å². The maximum absolute atomic E-state index is 10.6. The molecule has 0 aliphatic carbocycles. The van der Waals surface area contributed by atoms with Gasteiger partial charge < -0.3 is 10.8 Å². The zero-order valence-electron chi connectivity index (χ0n) is 10.1. The highest BCUT2D eigenvalue weighted by Gasteiger charge is 2.03. The van der Waals surface area contributed by atoms with E-state index in [4.69, 9.17) is 10.8 Å². The molecule has 0 heterocycles. The predicted molar refractivity (Wildman–Crippen MR) is 67.3 cm³/mol. The van der Waals surface area contributed by atoms with E-state index in [0.29, 0.717) is 6.42 Å². The molecule has 0 fully saturated rings. The molecule has 3 N–H and O–H groups in total. The van der Waals surface area contributed by atoms with E-state index in [9.17, 15) is 4.79 Å². The molecule has 0 aromatic rings. The fraction of sp³-hybridized carbons (Fsp3) is 0.615. The van der Waals surface area contributed by atoms with Gasteiger partial charge in [-0.1, -0.05) is 31.6 Å². The summed E-state index contributed by atoms with van der Waals surface area (Å²) in [4.78, 5) is 10.6. The lowest BCUT2D eigenvalue weighted by Gasteiger charge is -2.08. The normalized spacial score (nSPS) is 12.9. The van der Waals surface area contributed by atoms with Crippen LogP contribution in [0.5, 0.6) is 0 Å². The van der Waals surface area contributed by atoms with Gasteiger partial charge in [0.15, 0.2) is 0 Å². The molecule has 0 saturated carbocycles. The summed E-state index contributed by atoms with van der Waals surface area (Å²) < 4.78 is 0.